The van der Waals surface area contributed by atoms with E-state index in [-0.39, 0.29) is 30.6 Å². The second-order valence-electron chi connectivity index (χ2n) is 10.9. The highest BCUT2D eigenvalue weighted by atomic mass is 32.2. The van der Waals surface area contributed by atoms with Gasteiger partial charge in [-0.2, -0.15) is 0 Å². The quantitative estimate of drug-likeness (QED) is 0.238. The number of nitrogens with one attached hydrogen (secondary N) is 3. The van der Waals surface area contributed by atoms with Crippen LogP contribution in [0.2, 0.25) is 0 Å². The lowest BCUT2D eigenvalue weighted by Crippen LogP contribution is -2.56. The largest absolute Gasteiger partial charge is 0.480 e. The summed E-state index contributed by atoms with van der Waals surface area (Å²) in [5.41, 5.74) is 0.474. The molecule has 0 aromatic heterocycles. The molecule has 1 aromatic carbocycles. The van der Waals surface area contributed by atoms with Gasteiger partial charge >= 0.3 is 5.97 Å². The molecule has 0 heterocycles. The van der Waals surface area contributed by atoms with E-state index in [4.69, 9.17) is 0 Å². The molecule has 1 aromatic rings. The van der Waals surface area contributed by atoms with Gasteiger partial charge in [0.2, 0.25) is 21.7 Å². The highest BCUT2D eigenvalue weighted by molar-refractivity contribution is 8.08. The van der Waals surface area contributed by atoms with Crippen LogP contribution < -0.4 is 16.0 Å². The van der Waals surface area contributed by atoms with Crippen LogP contribution in [0.3, 0.4) is 0 Å². The van der Waals surface area contributed by atoms with Crippen molar-refractivity contribution in [3.05, 3.63) is 47.9 Å². The predicted molar refractivity (Wildman–Crippen MR) is 150 cm³/mol. The maximum Gasteiger partial charge on any atom is 0.325 e. The fourth-order valence-electron chi connectivity index (χ4n) is 4.09. The van der Waals surface area contributed by atoms with Gasteiger partial charge in [-0.25, -0.2) is 8.42 Å². The molecule has 1 rings (SSSR count). The lowest BCUT2D eigenvalue weighted by Gasteiger charge is -2.28. The molecule has 0 fully saturated rings. The minimum atomic E-state index is -4.28. The first-order chi connectivity index (χ1) is 18.1. The number of hydrogen-bond acceptors (Lipinski definition) is 7. The van der Waals surface area contributed by atoms with Crippen LogP contribution in [0, 0.1) is 17.8 Å². The number of hydrogen-bond donors (Lipinski definition) is 4. The summed E-state index contributed by atoms with van der Waals surface area (Å²) in [6.07, 6.45) is 0.587. The van der Waals surface area contributed by atoms with Crippen LogP contribution in [0.15, 0.2) is 42.3 Å². The van der Waals surface area contributed by atoms with Crippen molar-refractivity contribution in [2.45, 2.75) is 85.0 Å². The number of carbonyl (C=O) groups excluding carboxylic acids is 3. The maximum atomic E-state index is 13.4. The summed E-state index contributed by atoms with van der Waals surface area (Å²) in [6.45, 7) is 14.2. The van der Waals surface area contributed by atoms with E-state index in [1.54, 1.807) is 44.2 Å². The van der Waals surface area contributed by atoms with E-state index < -0.39 is 56.9 Å². The zero-order valence-corrected chi connectivity index (χ0v) is 24.5. The Kier molecular flexibility index (Phi) is 13.5. The summed E-state index contributed by atoms with van der Waals surface area (Å²) in [7, 11) is -4.28. The fraction of sp³-hybridized carbons (Fsp3) is 0.571. The third-order valence-electron chi connectivity index (χ3n) is 5.92. The van der Waals surface area contributed by atoms with E-state index >= 15 is 0 Å². The lowest BCUT2D eigenvalue weighted by atomic mass is 9.98. The van der Waals surface area contributed by atoms with Crippen molar-refractivity contribution in [2.24, 2.45) is 17.8 Å². The van der Waals surface area contributed by atoms with E-state index in [9.17, 15) is 32.7 Å². The van der Waals surface area contributed by atoms with Crippen molar-refractivity contribution < 1.29 is 32.7 Å². The van der Waals surface area contributed by atoms with E-state index in [0.29, 0.717) is 17.4 Å². The average molecular weight is 566 g/mol. The normalized spacial score (nSPS) is 14.9. The molecule has 0 spiro atoms. The molecule has 39 heavy (non-hydrogen) atoms. The van der Waals surface area contributed by atoms with Gasteiger partial charge in [0.15, 0.2) is 0 Å². The molecule has 11 heteroatoms. The standard InChI is InChI=1S/C28H43N3O7S/c1-8-39(37,38)28(36)23(16-19(6)7)31-26(33)22(15-18(4)5)30-25(32)21(14-17(2)3)29-24(27(34)35)20-12-10-9-11-13-20/h8-13,17-19,21-24,29H,1,14-16H2,2-7H3,(H,30,32)(H,31,33)(H,34,35)/t21-,22-,23-,24?/m0/s1. The van der Waals surface area contributed by atoms with E-state index in [0.717, 1.165) is 0 Å². The lowest BCUT2D eigenvalue weighted by molar-refractivity contribution is -0.140. The van der Waals surface area contributed by atoms with Crippen LogP contribution in [0.25, 0.3) is 0 Å². The summed E-state index contributed by atoms with van der Waals surface area (Å²) < 4.78 is 24.3. The Bertz CT molecular complexity index is 1100. The number of amides is 2. The Morgan fingerprint density at radius 3 is 1.69 bits per heavy atom. The number of rotatable bonds is 16. The topological polar surface area (TPSA) is 159 Å². The first-order valence-electron chi connectivity index (χ1n) is 13.1. The van der Waals surface area contributed by atoms with Crippen LogP contribution in [-0.4, -0.2) is 54.5 Å². The number of carboxylic acid groups (broad SMARTS) is 1. The Morgan fingerprint density at radius 1 is 0.795 bits per heavy atom. The van der Waals surface area contributed by atoms with Gasteiger partial charge in [-0.3, -0.25) is 24.5 Å². The third kappa shape index (κ3) is 11.3. The van der Waals surface area contributed by atoms with E-state index in [2.05, 4.69) is 22.5 Å². The summed E-state index contributed by atoms with van der Waals surface area (Å²) in [5, 5.41) is 17.4. The summed E-state index contributed by atoms with van der Waals surface area (Å²) in [4.78, 5) is 51.5. The molecule has 4 N–H and O–H groups in total. The molecule has 1 unspecified atom stereocenters. The summed E-state index contributed by atoms with van der Waals surface area (Å²) in [6, 6.07) is 3.96. The molecule has 0 aliphatic carbocycles. The second kappa shape index (κ2) is 15.5. The highest BCUT2D eigenvalue weighted by Gasteiger charge is 2.35. The molecular formula is C28H43N3O7S. The Labute approximate surface area is 231 Å². The van der Waals surface area contributed by atoms with Crippen LogP contribution in [0.4, 0.5) is 0 Å². The molecule has 4 atom stereocenters. The molecule has 0 saturated heterocycles. The highest BCUT2D eigenvalue weighted by Crippen LogP contribution is 2.17. The predicted octanol–water partition coefficient (Wildman–Crippen LogP) is 2.96. The van der Waals surface area contributed by atoms with Crippen molar-refractivity contribution in [3.8, 4) is 0 Å². The second-order valence-corrected chi connectivity index (χ2v) is 12.8. The SMILES string of the molecule is C=CS(=O)(=O)C(=O)[C@H](CC(C)C)NC(=O)[C@H](CC(C)C)NC(=O)[C@H](CC(C)C)NC(C(=O)O)c1ccccc1. The van der Waals surface area contributed by atoms with Gasteiger partial charge in [0, 0.05) is 5.41 Å². The first kappa shape index (κ1) is 34.0. The van der Waals surface area contributed by atoms with Gasteiger partial charge in [0.1, 0.15) is 18.1 Å². The molecular weight excluding hydrogens is 522 g/mol. The van der Waals surface area contributed by atoms with Crippen LogP contribution in [-0.2, 0) is 29.0 Å². The number of aliphatic carboxylic acids is 1. The molecule has 0 aliphatic heterocycles. The Hall–Kier alpha value is -3.05. The van der Waals surface area contributed by atoms with E-state index in [1.807, 2.05) is 27.7 Å². The minimum Gasteiger partial charge on any atom is -0.480 e. The molecule has 0 aliphatic rings. The van der Waals surface area contributed by atoms with Crippen molar-refractivity contribution in [2.75, 3.05) is 0 Å². The van der Waals surface area contributed by atoms with Crippen LogP contribution in [0.1, 0.15) is 72.4 Å². The van der Waals surface area contributed by atoms with Gasteiger partial charge in [0.05, 0.1) is 6.04 Å². The number of carboxylic acids is 1. The van der Waals surface area contributed by atoms with Gasteiger partial charge < -0.3 is 15.7 Å². The molecule has 2 amide bonds. The van der Waals surface area contributed by atoms with E-state index in [1.165, 1.54) is 0 Å². The molecule has 0 radical (unpaired) electrons. The van der Waals surface area contributed by atoms with Gasteiger partial charge in [-0.05, 0) is 42.6 Å². The van der Waals surface area contributed by atoms with Crippen LogP contribution >= 0.6 is 0 Å². The zero-order valence-electron chi connectivity index (χ0n) is 23.6. The van der Waals surface area contributed by atoms with Crippen molar-refractivity contribution in [1.82, 2.24) is 16.0 Å². The van der Waals surface area contributed by atoms with Crippen molar-refractivity contribution in [1.29, 1.82) is 0 Å². The monoisotopic (exact) mass is 565 g/mol. The maximum absolute atomic E-state index is 13.4. The number of sulfone groups is 1. The van der Waals surface area contributed by atoms with Crippen molar-refractivity contribution >= 4 is 32.7 Å². The van der Waals surface area contributed by atoms with Gasteiger partial charge in [-0.15, -0.1) is 0 Å². The minimum absolute atomic E-state index is 0.0213. The number of benzene rings is 1. The Balaban J connectivity index is 3.25. The van der Waals surface area contributed by atoms with Gasteiger partial charge in [0.25, 0.3) is 5.12 Å². The van der Waals surface area contributed by atoms with Gasteiger partial charge in [-0.1, -0.05) is 78.5 Å². The molecule has 218 valence electrons. The first-order valence-corrected chi connectivity index (χ1v) is 14.7. The average Bonchev–Trinajstić information content (AvgIpc) is 2.84. The summed E-state index contributed by atoms with van der Waals surface area (Å²) in [5.74, 6) is -2.55. The Morgan fingerprint density at radius 2 is 1.23 bits per heavy atom. The van der Waals surface area contributed by atoms with Crippen LogP contribution in [0.5, 0.6) is 0 Å². The smallest absolute Gasteiger partial charge is 0.325 e. The van der Waals surface area contributed by atoms with Crippen molar-refractivity contribution in [3.63, 3.8) is 0 Å². The summed E-state index contributed by atoms with van der Waals surface area (Å²) >= 11 is 0. The molecule has 0 saturated carbocycles. The number of carbonyl (C=O) groups is 4. The zero-order chi connectivity index (χ0) is 29.9. The third-order valence-corrected chi connectivity index (χ3v) is 7.20. The fourth-order valence-corrected chi connectivity index (χ4v) is 4.81. The molecule has 0 bridgehead atoms. The molecule has 10 nitrogen and oxygen atoms in total.